The van der Waals surface area contributed by atoms with E-state index in [4.69, 9.17) is 9.47 Å². The van der Waals surface area contributed by atoms with Gasteiger partial charge in [-0.15, -0.1) is 0 Å². The van der Waals surface area contributed by atoms with E-state index in [-0.39, 0.29) is 0 Å². The number of nitrogens with zero attached hydrogens (tertiary/aromatic N) is 1. The first kappa shape index (κ1) is 11.3. The predicted octanol–water partition coefficient (Wildman–Crippen LogP) is 2.92. The standard InChI is InChI=1S/C13H14N2O2/c1-14-10-7-11(9-15-8-10)17-13-6-4-3-5-12(13)16-2/h3-9,14H,1-2H3. The molecule has 1 N–H and O–H groups in total. The van der Waals surface area contributed by atoms with Gasteiger partial charge in [-0.1, -0.05) is 12.1 Å². The van der Waals surface area contributed by atoms with Gasteiger partial charge in [0.1, 0.15) is 5.75 Å². The maximum Gasteiger partial charge on any atom is 0.169 e. The van der Waals surface area contributed by atoms with Crippen molar-refractivity contribution in [2.45, 2.75) is 0 Å². The normalized spacial score (nSPS) is 9.76. The average molecular weight is 230 g/mol. The van der Waals surface area contributed by atoms with E-state index in [1.54, 1.807) is 19.5 Å². The molecule has 2 rings (SSSR count). The summed E-state index contributed by atoms with van der Waals surface area (Å²) in [6, 6.07) is 9.37. The summed E-state index contributed by atoms with van der Waals surface area (Å²) < 4.78 is 10.9. The molecule has 0 radical (unpaired) electrons. The Hall–Kier alpha value is -2.23. The summed E-state index contributed by atoms with van der Waals surface area (Å²) >= 11 is 0. The van der Waals surface area contributed by atoms with Gasteiger partial charge >= 0.3 is 0 Å². The quantitative estimate of drug-likeness (QED) is 0.877. The number of anilines is 1. The van der Waals surface area contributed by atoms with Crippen molar-refractivity contribution in [1.82, 2.24) is 4.98 Å². The van der Waals surface area contributed by atoms with E-state index < -0.39 is 0 Å². The Bertz CT molecular complexity index is 500. The molecule has 0 atom stereocenters. The van der Waals surface area contributed by atoms with Crippen molar-refractivity contribution in [2.75, 3.05) is 19.5 Å². The van der Waals surface area contributed by atoms with Gasteiger partial charge in [0.25, 0.3) is 0 Å². The van der Waals surface area contributed by atoms with Gasteiger partial charge in [0.05, 0.1) is 25.2 Å². The molecule has 0 aliphatic carbocycles. The molecule has 17 heavy (non-hydrogen) atoms. The minimum Gasteiger partial charge on any atom is -0.493 e. The molecule has 0 aliphatic heterocycles. The van der Waals surface area contributed by atoms with Crippen molar-refractivity contribution in [2.24, 2.45) is 0 Å². The highest BCUT2D eigenvalue weighted by Crippen LogP contribution is 2.31. The Kier molecular flexibility index (Phi) is 3.45. The molecular weight excluding hydrogens is 216 g/mol. The van der Waals surface area contributed by atoms with Crippen molar-refractivity contribution in [3.63, 3.8) is 0 Å². The maximum atomic E-state index is 5.72. The smallest absolute Gasteiger partial charge is 0.169 e. The second kappa shape index (κ2) is 5.21. The fourth-order valence-electron chi connectivity index (χ4n) is 1.44. The number of benzene rings is 1. The Labute approximate surface area is 100 Å². The summed E-state index contributed by atoms with van der Waals surface area (Å²) in [6.07, 6.45) is 3.39. The fraction of sp³-hybridized carbons (Fsp3) is 0.154. The van der Waals surface area contributed by atoms with Gasteiger partial charge in [-0.3, -0.25) is 4.98 Å². The number of methoxy groups -OCH3 is 1. The van der Waals surface area contributed by atoms with Crippen LogP contribution in [0.3, 0.4) is 0 Å². The average Bonchev–Trinajstić information content (AvgIpc) is 2.39. The molecule has 4 nitrogen and oxygen atoms in total. The first-order chi connectivity index (χ1) is 8.33. The number of para-hydroxylation sites is 2. The molecule has 0 fully saturated rings. The predicted molar refractivity (Wildman–Crippen MR) is 66.9 cm³/mol. The molecule has 88 valence electrons. The highest BCUT2D eigenvalue weighted by atomic mass is 16.5. The van der Waals surface area contributed by atoms with Crippen molar-refractivity contribution >= 4 is 5.69 Å². The van der Waals surface area contributed by atoms with Crippen LogP contribution in [0, 0.1) is 0 Å². The summed E-state index contributed by atoms with van der Waals surface area (Å²) in [6.45, 7) is 0. The van der Waals surface area contributed by atoms with Crippen LogP contribution in [0.2, 0.25) is 0 Å². The summed E-state index contributed by atoms with van der Waals surface area (Å²) in [7, 11) is 3.45. The highest BCUT2D eigenvalue weighted by Gasteiger charge is 2.04. The molecule has 0 saturated carbocycles. The van der Waals surface area contributed by atoms with E-state index in [0.29, 0.717) is 17.2 Å². The van der Waals surface area contributed by atoms with Crippen LogP contribution in [-0.4, -0.2) is 19.1 Å². The van der Waals surface area contributed by atoms with E-state index in [1.807, 2.05) is 37.4 Å². The molecule has 4 heteroatoms. The molecule has 0 aliphatic rings. The van der Waals surface area contributed by atoms with E-state index >= 15 is 0 Å². The van der Waals surface area contributed by atoms with Crippen molar-refractivity contribution in [3.05, 3.63) is 42.7 Å². The Morgan fingerprint density at radius 1 is 1.12 bits per heavy atom. The van der Waals surface area contributed by atoms with Crippen LogP contribution in [0.25, 0.3) is 0 Å². The van der Waals surface area contributed by atoms with Crippen molar-refractivity contribution < 1.29 is 9.47 Å². The van der Waals surface area contributed by atoms with Crippen LogP contribution in [-0.2, 0) is 0 Å². The van der Waals surface area contributed by atoms with Crippen LogP contribution < -0.4 is 14.8 Å². The summed E-state index contributed by atoms with van der Waals surface area (Å²) in [5.74, 6) is 2.04. The zero-order valence-electron chi connectivity index (χ0n) is 9.81. The zero-order chi connectivity index (χ0) is 12.1. The van der Waals surface area contributed by atoms with Gasteiger partial charge in [0.15, 0.2) is 11.5 Å². The highest BCUT2D eigenvalue weighted by molar-refractivity contribution is 5.47. The Morgan fingerprint density at radius 3 is 2.59 bits per heavy atom. The second-order valence-corrected chi connectivity index (χ2v) is 3.41. The maximum absolute atomic E-state index is 5.72. The third-order valence-electron chi connectivity index (χ3n) is 2.30. The third kappa shape index (κ3) is 2.66. The van der Waals surface area contributed by atoms with E-state index in [9.17, 15) is 0 Å². The fourth-order valence-corrected chi connectivity index (χ4v) is 1.44. The molecule has 2 aromatic rings. The molecule has 1 aromatic carbocycles. The largest absolute Gasteiger partial charge is 0.493 e. The van der Waals surface area contributed by atoms with Gasteiger partial charge in [-0.05, 0) is 12.1 Å². The molecule has 0 bridgehead atoms. The Balaban J connectivity index is 2.24. The van der Waals surface area contributed by atoms with E-state index in [2.05, 4.69) is 10.3 Å². The second-order valence-electron chi connectivity index (χ2n) is 3.41. The lowest BCUT2D eigenvalue weighted by Crippen LogP contribution is -1.93. The van der Waals surface area contributed by atoms with Crippen molar-refractivity contribution in [1.29, 1.82) is 0 Å². The van der Waals surface area contributed by atoms with Gasteiger partial charge in [0, 0.05) is 13.1 Å². The van der Waals surface area contributed by atoms with Gasteiger partial charge in [0.2, 0.25) is 0 Å². The molecule has 0 unspecified atom stereocenters. The van der Waals surface area contributed by atoms with E-state index in [1.165, 1.54) is 0 Å². The topological polar surface area (TPSA) is 43.4 Å². The number of pyridine rings is 1. The van der Waals surface area contributed by atoms with Gasteiger partial charge < -0.3 is 14.8 Å². The van der Waals surface area contributed by atoms with Crippen LogP contribution in [0.4, 0.5) is 5.69 Å². The molecule has 1 aromatic heterocycles. The first-order valence-corrected chi connectivity index (χ1v) is 5.27. The van der Waals surface area contributed by atoms with Gasteiger partial charge in [-0.2, -0.15) is 0 Å². The number of hydrogen-bond donors (Lipinski definition) is 1. The third-order valence-corrected chi connectivity index (χ3v) is 2.30. The lowest BCUT2D eigenvalue weighted by molar-refractivity contribution is 0.378. The van der Waals surface area contributed by atoms with Crippen LogP contribution in [0.5, 0.6) is 17.2 Å². The minimum absolute atomic E-state index is 0.668. The van der Waals surface area contributed by atoms with Crippen LogP contribution >= 0.6 is 0 Å². The molecular formula is C13H14N2O2. The first-order valence-electron chi connectivity index (χ1n) is 5.27. The lowest BCUT2D eigenvalue weighted by Gasteiger charge is -2.10. The SMILES string of the molecule is CNc1cncc(Oc2ccccc2OC)c1. The number of aromatic nitrogens is 1. The van der Waals surface area contributed by atoms with Crippen LogP contribution in [0.15, 0.2) is 42.7 Å². The monoisotopic (exact) mass is 230 g/mol. The zero-order valence-corrected chi connectivity index (χ0v) is 9.81. The lowest BCUT2D eigenvalue weighted by atomic mass is 10.3. The molecule has 0 amide bonds. The Morgan fingerprint density at radius 2 is 1.88 bits per heavy atom. The number of rotatable bonds is 4. The van der Waals surface area contributed by atoms with Gasteiger partial charge in [-0.25, -0.2) is 0 Å². The van der Waals surface area contributed by atoms with E-state index in [0.717, 1.165) is 5.69 Å². The summed E-state index contributed by atoms with van der Waals surface area (Å²) in [4.78, 5) is 4.08. The van der Waals surface area contributed by atoms with Crippen LogP contribution in [0.1, 0.15) is 0 Å². The molecule has 0 saturated heterocycles. The number of nitrogens with one attached hydrogen (secondary N) is 1. The van der Waals surface area contributed by atoms with Crippen molar-refractivity contribution in [3.8, 4) is 17.2 Å². The summed E-state index contributed by atoms with van der Waals surface area (Å²) in [5.41, 5.74) is 0.900. The summed E-state index contributed by atoms with van der Waals surface area (Å²) in [5, 5.41) is 3.01. The molecule has 1 heterocycles. The number of hydrogen-bond acceptors (Lipinski definition) is 4. The molecule has 0 spiro atoms. The number of ether oxygens (including phenoxy) is 2. The minimum atomic E-state index is 0.668.